The van der Waals surface area contributed by atoms with E-state index in [9.17, 15) is 32.4 Å². The first-order valence-corrected chi connectivity index (χ1v) is 15.8. The topological polar surface area (TPSA) is 241 Å². The Labute approximate surface area is 262 Å². The number of esters is 2. The van der Waals surface area contributed by atoms with Gasteiger partial charge in [-0.3, -0.25) is 18.6 Å². The summed E-state index contributed by atoms with van der Waals surface area (Å²) in [6.45, 7) is 9.09. The SMILES string of the molecule is CCOC(=O)C(C)(C)COS(=O)(=O)N1C(=O)[C@@H](NC(=O)/C(=N/OC(C)(C)C(=O)OCC2OC(=O)OC2C)c2csc(N)n2)[C@@H]1C. The van der Waals surface area contributed by atoms with Gasteiger partial charge < -0.3 is 34.8 Å². The predicted octanol–water partition coefficient (Wildman–Crippen LogP) is 0.258. The molecule has 2 fully saturated rings. The van der Waals surface area contributed by atoms with Crippen molar-refractivity contribution in [3.8, 4) is 0 Å². The van der Waals surface area contributed by atoms with Gasteiger partial charge in [0.15, 0.2) is 16.9 Å². The first-order valence-electron chi connectivity index (χ1n) is 13.5. The average Bonchev–Trinajstić information content (AvgIpc) is 3.52. The summed E-state index contributed by atoms with van der Waals surface area (Å²) in [6.07, 6.45) is -2.38. The van der Waals surface area contributed by atoms with Crippen molar-refractivity contribution in [2.24, 2.45) is 10.6 Å². The number of nitrogens with two attached hydrogens (primary N) is 1. The van der Waals surface area contributed by atoms with Gasteiger partial charge in [-0.25, -0.2) is 18.9 Å². The summed E-state index contributed by atoms with van der Waals surface area (Å²) in [5.41, 5.74) is 2.07. The predicted molar refractivity (Wildman–Crippen MR) is 154 cm³/mol. The average molecular weight is 678 g/mol. The van der Waals surface area contributed by atoms with Crippen molar-refractivity contribution >= 4 is 62.4 Å². The van der Waals surface area contributed by atoms with Gasteiger partial charge in [-0.15, -0.1) is 11.3 Å². The third-order valence-electron chi connectivity index (χ3n) is 6.53. The fourth-order valence-corrected chi connectivity index (χ4v) is 5.71. The molecule has 4 atom stereocenters. The standard InChI is InChI=1S/C25H35N5O13S2/c1-8-38-20(33)24(4,5)11-40-45(36,37)30-12(2)16(19(30)32)28-18(31)17(14-10-44-22(26)27-14)29-43-25(6,7)21(34)39-9-15-13(3)41-23(35)42-15/h10,12-13,15-16H,8-9,11H2,1-7H3,(H2,26,27)(H,28,31)/b29-17+/t12-,13?,15?,16-/m0/s1. The Hall–Kier alpha value is -4.04. The number of nitrogens with one attached hydrogen (secondary N) is 1. The second kappa shape index (κ2) is 13.5. The van der Waals surface area contributed by atoms with Crippen LogP contribution in [0.3, 0.4) is 0 Å². The van der Waals surface area contributed by atoms with Crippen LogP contribution in [0.4, 0.5) is 9.93 Å². The normalized spacial score (nSPS) is 22.2. The van der Waals surface area contributed by atoms with E-state index in [1.165, 1.54) is 40.0 Å². The molecule has 3 heterocycles. The monoisotopic (exact) mass is 677 g/mol. The van der Waals surface area contributed by atoms with Crippen molar-refractivity contribution in [3.05, 3.63) is 11.1 Å². The minimum atomic E-state index is -4.64. The lowest BCUT2D eigenvalue weighted by Gasteiger charge is -2.43. The highest BCUT2D eigenvalue weighted by molar-refractivity contribution is 7.85. The summed E-state index contributed by atoms with van der Waals surface area (Å²) in [5, 5.41) is 7.62. The zero-order valence-corrected chi connectivity index (χ0v) is 27.2. The molecule has 2 saturated heterocycles. The summed E-state index contributed by atoms with van der Waals surface area (Å²) in [7, 11) is -4.64. The number of ether oxygens (including phenoxy) is 4. The molecule has 0 aromatic carbocycles. The molecule has 0 spiro atoms. The second-order valence-electron chi connectivity index (χ2n) is 11.1. The lowest BCUT2D eigenvalue weighted by molar-refractivity contribution is -0.171. The number of cyclic esters (lactones) is 2. The lowest BCUT2D eigenvalue weighted by atomic mass is 9.95. The summed E-state index contributed by atoms with van der Waals surface area (Å²) in [4.78, 5) is 71.5. The zero-order valence-electron chi connectivity index (χ0n) is 25.6. The number of thiazole rings is 1. The number of rotatable bonds is 14. The molecule has 0 radical (unpaired) electrons. The smallest absolute Gasteiger partial charge is 0.466 e. The van der Waals surface area contributed by atoms with Gasteiger partial charge in [-0.1, -0.05) is 5.16 Å². The molecular formula is C25H35N5O13S2. The van der Waals surface area contributed by atoms with Crippen LogP contribution in [0.15, 0.2) is 10.5 Å². The van der Waals surface area contributed by atoms with Crippen LogP contribution in [0.2, 0.25) is 0 Å². The Morgan fingerprint density at radius 1 is 1.13 bits per heavy atom. The first kappa shape index (κ1) is 35.4. The van der Waals surface area contributed by atoms with Crippen molar-refractivity contribution in [3.63, 3.8) is 0 Å². The lowest BCUT2D eigenvalue weighted by Crippen LogP contribution is -2.71. The number of hydrogen-bond acceptors (Lipinski definition) is 17. The highest BCUT2D eigenvalue weighted by Crippen LogP contribution is 2.28. The Bertz CT molecular complexity index is 1470. The van der Waals surface area contributed by atoms with Crippen LogP contribution in [0.25, 0.3) is 0 Å². The van der Waals surface area contributed by atoms with E-state index >= 15 is 0 Å². The van der Waals surface area contributed by atoms with E-state index in [4.69, 9.17) is 33.7 Å². The molecule has 3 rings (SSSR count). The minimum absolute atomic E-state index is 0.0588. The van der Waals surface area contributed by atoms with Crippen LogP contribution >= 0.6 is 11.3 Å². The Morgan fingerprint density at radius 2 is 1.80 bits per heavy atom. The molecule has 0 saturated carbocycles. The van der Waals surface area contributed by atoms with Crippen LogP contribution in [-0.4, -0.2) is 103 Å². The molecule has 2 aliphatic heterocycles. The van der Waals surface area contributed by atoms with Crippen molar-refractivity contribution in [1.29, 1.82) is 0 Å². The van der Waals surface area contributed by atoms with Gasteiger partial charge in [-0.2, -0.15) is 8.42 Å². The zero-order chi connectivity index (χ0) is 33.9. The number of oxime groups is 1. The third kappa shape index (κ3) is 8.17. The van der Waals surface area contributed by atoms with Crippen molar-refractivity contribution in [2.75, 3.05) is 25.6 Å². The van der Waals surface area contributed by atoms with Gasteiger partial charge in [0.05, 0.1) is 24.7 Å². The molecule has 18 nitrogen and oxygen atoms in total. The summed E-state index contributed by atoms with van der Waals surface area (Å²) < 4.78 is 50.7. The highest BCUT2D eigenvalue weighted by Gasteiger charge is 2.53. The van der Waals surface area contributed by atoms with E-state index in [0.717, 1.165) is 11.3 Å². The number of amides is 2. The summed E-state index contributed by atoms with van der Waals surface area (Å²) >= 11 is 0.970. The molecule has 2 amide bonds. The van der Waals surface area contributed by atoms with Crippen molar-refractivity contribution in [2.45, 2.75) is 78.4 Å². The quantitative estimate of drug-likeness (QED) is 0.0882. The summed E-state index contributed by atoms with van der Waals surface area (Å²) in [6, 6.07) is -2.42. The Balaban J connectivity index is 1.69. The molecule has 20 heteroatoms. The maximum atomic E-state index is 13.3. The van der Waals surface area contributed by atoms with Crippen molar-refractivity contribution in [1.82, 2.24) is 14.6 Å². The van der Waals surface area contributed by atoms with Crippen LogP contribution in [0.1, 0.15) is 54.2 Å². The van der Waals surface area contributed by atoms with E-state index in [0.29, 0.717) is 4.31 Å². The maximum absolute atomic E-state index is 13.3. The molecule has 1 aromatic rings. The van der Waals surface area contributed by atoms with E-state index in [2.05, 4.69) is 15.5 Å². The second-order valence-corrected chi connectivity index (χ2v) is 13.5. The number of carbonyl (C=O) groups excluding carboxylic acids is 5. The van der Waals surface area contributed by atoms with Gasteiger partial charge >= 0.3 is 28.4 Å². The summed E-state index contributed by atoms with van der Waals surface area (Å²) in [5.74, 6) is -3.63. The fraction of sp³-hybridized carbons (Fsp3) is 0.640. The number of β-lactam (4-membered cyclic amide) rings is 1. The van der Waals surface area contributed by atoms with Crippen LogP contribution in [0, 0.1) is 5.41 Å². The number of aromatic nitrogens is 1. The molecule has 0 aliphatic carbocycles. The minimum Gasteiger partial charge on any atom is -0.466 e. The fourth-order valence-electron chi connectivity index (χ4n) is 3.74. The van der Waals surface area contributed by atoms with Crippen LogP contribution < -0.4 is 11.1 Å². The number of nitrogens with zero attached hydrogens (tertiary/aromatic N) is 3. The molecule has 2 unspecified atom stereocenters. The number of nitrogen functional groups attached to an aromatic ring is 1. The maximum Gasteiger partial charge on any atom is 0.509 e. The molecule has 1 aromatic heterocycles. The highest BCUT2D eigenvalue weighted by atomic mass is 32.2. The largest absolute Gasteiger partial charge is 0.509 e. The number of carbonyl (C=O) groups is 5. The molecular weight excluding hydrogens is 642 g/mol. The van der Waals surface area contributed by atoms with Gasteiger partial charge in [0.2, 0.25) is 5.60 Å². The van der Waals surface area contributed by atoms with Crippen LogP contribution in [-0.2, 0) is 57.5 Å². The van der Waals surface area contributed by atoms with Gasteiger partial charge in [0.25, 0.3) is 11.8 Å². The van der Waals surface area contributed by atoms with E-state index < -0.39 is 87.8 Å². The van der Waals surface area contributed by atoms with E-state index in [1.807, 2.05) is 0 Å². The number of hydrogen-bond donors (Lipinski definition) is 2. The number of anilines is 1. The molecule has 45 heavy (non-hydrogen) atoms. The Morgan fingerprint density at radius 3 is 2.33 bits per heavy atom. The Kier molecular flexibility index (Phi) is 10.7. The van der Waals surface area contributed by atoms with Crippen molar-refractivity contribution < 1.29 is 60.4 Å². The van der Waals surface area contributed by atoms with E-state index in [1.54, 1.807) is 13.8 Å². The van der Waals surface area contributed by atoms with Gasteiger partial charge in [-0.05, 0) is 48.5 Å². The molecule has 2 aliphatic rings. The molecule has 3 N–H and O–H groups in total. The first-order chi connectivity index (χ1) is 20.8. The van der Waals surface area contributed by atoms with Gasteiger partial charge in [0, 0.05) is 5.38 Å². The third-order valence-corrected chi connectivity index (χ3v) is 8.61. The van der Waals surface area contributed by atoms with E-state index in [-0.39, 0.29) is 24.0 Å². The molecule has 250 valence electrons. The molecule has 0 bridgehead atoms. The van der Waals surface area contributed by atoms with Gasteiger partial charge in [0.1, 0.15) is 24.4 Å². The van der Waals surface area contributed by atoms with Crippen LogP contribution in [0.5, 0.6) is 0 Å².